The molecule has 0 aromatic heterocycles. The highest BCUT2D eigenvalue weighted by Crippen LogP contribution is 2.51. The number of ether oxygens (including phenoxy) is 2. The standard InChI is InChI=1S/C49H56FN3O5S/c1-48(2,3)58-47(56)45(52-40-27-24-35(23-20-34-21-25-39(50)26-22-34)43(30-40)46(55)53-41(33-54)28-29-57-4)44-31-42(32-51-44)59-49(36-14-8-5-9-15-36,37-16-10-6-11-17-37)38-18-12-7-13-19-38/h5-19,21-22,24-27,30,41-42,44-45,51-52,54H,20,23,28-29,31-33H2,1-4H3,(H,53,55)/t41-,42?,44?,45?/m0/s1. The Morgan fingerprint density at radius 1 is 0.847 bits per heavy atom. The van der Waals surface area contributed by atoms with Crippen LogP contribution in [0.2, 0.25) is 0 Å². The molecule has 6 rings (SSSR count). The van der Waals surface area contributed by atoms with E-state index < -0.39 is 28.4 Å². The monoisotopic (exact) mass is 817 g/mol. The highest BCUT2D eigenvalue weighted by molar-refractivity contribution is 8.01. The van der Waals surface area contributed by atoms with Crippen molar-refractivity contribution in [1.29, 1.82) is 0 Å². The maximum atomic E-state index is 14.2. The van der Waals surface area contributed by atoms with Crippen molar-refractivity contribution in [3.05, 3.63) is 173 Å². The van der Waals surface area contributed by atoms with Gasteiger partial charge in [-0.25, -0.2) is 9.18 Å². The van der Waals surface area contributed by atoms with Gasteiger partial charge in [-0.2, -0.15) is 0 Å². The van der Waals surface area contributed by atoms with E-state index in [4.69, 9.17) is 9.47 Å². The minimum absolute atomic E-state index is 0.102. The van der Waals surface area contributed by atoms with Gasteiger partial charge < -0.3 is 30.5 Å². The number of amides is 1. The quantitative estimate of drug-likeness (QED) is 0.0517. The number of nitrogens with one attached hydrogen (secondary N) is 3. The first-order chi connectivity index (χ1) is 28.5. The first kappa shape index (κ1) is 43.6. The van der Waals surface area contributed by atoms with Crippen LogP contribution in [-0.2, 0) is 31.9 Å². The molecule has 1 heterocycles. The Balaban J connectivity index is 1.31. The fraction of sp³-hybridized carbons (Fsp3) is 0.347. The van der Waals surface area contributed by atoms with Crippen LogP contribution in [0, 0.1) is 5.82 Å². The van der Waals surface area contributed by atoms with Crippen LogP contribution in [0.25, 0.3) is 0 Å². The van der Waals surface area contributed by atoms with Crippen LogP contribution >= 0.6 is 11.8 Å². The average molecular weight is 818 g/mol. The zero-order valence-electron chi connectivity index (χ0n) is 34.3. The van der Waals surface area contributed by atoms with Crippen molar-refractivity contribution in [3.8, 4) is 0 Å². The lowest BCUT2D eigenvalue weighted by Gasteiger charge is -2.37. The highest BCUT2D eigenvalue weighted by atomic mass is 32.2. The fourth-order valence-corrected chi connectivity index (χ4v) is 9.48. The van der Waals surface area contributed by atoms with Crippen molar-refractivity contribution in [2.45, 2.75) is 80.2 Å². The van der Waals surface area contributed by atoms with Crippen molar-refractivity contribution < 1.29 is 28.6 Å². The molecule has 1 fully saturated rings. The number of aliphatic hydroxyl groups is 1. The van der Waals surface area contributed by atoms with Crippen molar-refractivity contribution in [1.82, 2.24) is 10.6 Å². The van der Waals surface area contributed by atoms with Gasteiger partial charge in [-0.1, -0.05) is 109 Å². The lowest BCUT2D eigenvalue weighted by atomic mass is 9.84. The predicted molar refractivity (Wildman–Crippen MR) is 235 cm³/mol. The molecule has 0 radical (unpaired) electrons. The number of aliphatic hydroxyl groups excluding tert-OH is 1. The van der Waals surface area contributed by atoms with Gasteiger partial charge in [-0.3, -0.25) is 4.79 Å². The molecule has 310 valence electrons. The molecule has 1 aliphatic heterocycles. The van der Waals surface area contributed by atoms with E-state index in [2.05, 4.69) is 88.7 Å². The number of rotatable bonds is 18. The van der Waals surface area contributed by atoms with E-state index in [1.54, 1.807) is 25.3 Å². The summed E-state index contributed by atoms with van der Waals surface area (Å²) >= 11 is 1.89. The summed E-state index contributed by atoms with van der Waals surface area (Å²) in [4.78, 5) is 28.1. The molecule has 5 aromatic rings. The van der Waals surface area contributed by atoms with Crippen molar-refractivity contribution in [3.63, 3.8) is 0 Å². The second kappa shape index (κ2) is 20.3. The molecule has 1 saturated heterocycles. The van der Waals surface area contributed by atoms with Gasteiger partial charge >= 0.3 is 5.97 Å². The maximum Gasteiger partial charge on any atom is 0.330 e. The second-order valence-electron chi connectivity index (χ2n) is 16.1. The zero-order chi connectivity index (χ0) is 41.8. The second-order valence-corrected chi connectivity index (χ2v) is 17.6. The zero-order valence-corrected chi connectivity index (χ0v) is 35.1. The molecule has 10 heteroatoms. The number of esters is 1. The Kier molecular flexibility index (Phi) is 15.0. The van der Waals surface area contributed by atoms with E-state index >= 15 is 0 Å². The Morgan fingerprint density at radius 2 is 1.44 bits per heavy atom. The lowest BCUT2D eigenvalue weighted by molar-refractivity contribution is -0.156. The van der Waals surface area contributed by atoms with E-state index in [-0.39, 0.29) is 29.6 Å². The third kappa shape index (κ3) is 11.4. The normalized spacial score (nSPS) is 16.6. The maximum absolute atomic E-state index is 14.2. The molecule has 0 aliphatic carbocycles. The fourth-order valence-electron chi connectivity index (χ4n) is 7.68. The molecule has 5 aromatic carbocycles. The first-order valence-corrected chi connectivity index (χ1v) is 21.2. The summed E-state index contributed by atoms with van der Waals surface area (Å²) < 4.78 is 24.4. The van der Waals surface area contributed by atoms with Crippen LogP contribution in [0.1, 0.15) is 71.8 Å². The van der Waals surface area contributed by atoms with Gasteiger partial charge in [0.1, 0.15) is 17.5 Å². The van der Waals surface area contributed by atoms with Gasteiger partial charge in [-0.15, -0.1) is 11.8 Å². The van der Waals surface area contributed by atoms with Gasteiger partial charge in [-0.05, 0) is 98.5 Å². The van der Waals surface area contributed by atoms with Crippen molar-refractivity contribution in [2.24, 2.45) is 0 Å². The van der Waals surface area contributed by atoms with Crippen LogP contribution in [0.15, 0.2) is 133 Å². The van der Waals surface area contributed by atoms with Crippen LogP contribution in [0.3, 0.4) is 0 Å². The molecule has 0 saturated carbocycles. The van der Waals surface area contributed by atoms with Crippen molar-refractivity contribution >= 4 is 29.3 Å². The molecule has 8 nitrogen and oxygen atoms in total. The van der Waals surface area contributed by atoms with E-state index in [1.165, 1.54) is 28.8 Å². The minimum atomic E-state index is -0.785. The number of hydrogen-bond acceptors (Lipinski definition) is 8. The van der Waals surface area contributed by atoms with Crippen LogP contribution in [0.4, 0.5) is 10.1 Å². The molecule has 1 aliphatic rings. The SMILES string of the molecule is COCC[C@@H](CO)NC(=O)c1cc(NC(C(=O)OC(C)(C)C)C2CC(SC(c3ccccc3)(c3ccccc3)c3ccccc3)CN2)ccc1CCc1ccc(F)cc1. The number of carbonyl (C=O) groups excluding carboxylic acids is 2. The molecular weight excluding hydrogens is 762 g/mol. The first-order valence-electron chi connectivity index (χ1n) is 20.3. The van der Waals surface area contributed by atoms with Gasteiger partial charge in [0.25, 0.3) is 5.91 Å². The Morgan fingerprint density at radius 3 is 1.98 bits per heavy atom. The Bertz CT molecular complexity index is 2000. The van der Waals surface area contributed by atoms with Gasteiger partial charge in [0.15, 0.2) is 0 Å². The molecule has 4 N–H and O–H groups in total. The van der Waals surface area contributed by atoms with E-state index in [0.717, 1.165) is 11.1 Å². The number of anilines is 1. The van der Waals surface area contributed by atoms with E-state index in [1.807, 2.05) is 62.9 Å². The van der Waals surface area contributed by atoms with Gasteiger partial charge in [0.05, 0.1) is 17.4 Å². The molecule has 0 bridgehead atoms. The summed E-state index contributed by atoms with van der Waals surface area (Å²) in [5.41, 5.74) is 5.50. The number of halogens is 1. The van der Waals surface area contributed by atoms with Crippen LogP contribution in [0.5, 0.6) is 0 Å². The van der Waals surface area contributed by atoms with Crippen LogP contribution in [-0.4, -0.2) is 72.8 Å². The van der Waals surface area contributed by atoms with Crippen molar-refractivity contribution in [2.75, 3.05) is 32.2 Å². The predicted octanol–water partition coefficient (Wildman–Crippen LogP) is 8.32. The number of thioether (sulfide) groups is 1. The molecule has 0 spiro atoms. The summed E-state index contributed by atoms with van der Waals surface area (Å²) in [6.07, 6.45) is 2.20. The smallest absolute Gasteiger partial charge is 0.330 e. The Labute approximate surface area is 352 Å². The lowest BCUT2D eigenvalue weighted by Crippen LogP contribution is -2.48. The van der Waals surface area contributed by atoms with Crippen LogP contribution < -0.4 is 16.0 Å². The minimum Gasteiger partial charge on any atom is -0.458 e. The molecule has 59 heavy (non-hydrogen) atoms. The average Bonchev–Trinajstić information content (AvgIpc) is 3.71. The summed E-state index contributed by atoms with van der Waals surface area (Å²) in [6.45, 7) is 6.36. The third-order valence-corrected chi connectivity index (χ3v) is 12.3. The molecule has 1 amide bonds. The number of benzene rings is 5. The molecule has 4 atom stereocenters. The summed E-state index contributed by atoms with van der Waals surface area (Å²) in [7, 11) is 1.58. The van der Waals surface area contributed by atoms with Gasteiger partial charge in [0, 0.05) is 42.8 Å². The molecule has 3 unspecified atom stereocenters. The molecular formula is C49H56FN3O5S. The van der Waals surface area contributed by atoms with E-state index in [0.29, 0.717) is 50.1 Å². The van der Waals surface area contributed by atoms with E-state index in [9.17, 15) is 19.1 Å². The largest absolute Gasteiger partial charge is 0.458 e. The number of carbonyl (C=O) groups is 2. The summed E-state index contributed by atoms with van der Waals surface area (Å²) in [5.74, 6) is -1.05. The number of hydrogen-bond donors (Lipinski definition) is 4. The highest BCUT2D eigenvalue weighted by Gasteiger charge is 2.44. The number of methoxy groups -OCH3 is 1. The summed E-state index contributed by atoms with van der Waals surface area (Å²) in [6, 6.07) is 42.1. The topological polar surface area (TPSA) is 109 Å². The van der Waals surface area contributed by atoms with Gasteiger partial charge in [0.2, 0.25) is 0 Å². The summed E-state index contributed by atoms with van der Waals surface area (Å²) in [5, 5.41) is 20.3. The number of aryl methyl sites for hydroxylation is 2. The Hall–Kier alpha value is -5.00. The third-order valence-electron chi connectivity index (χ3n) is 10.6.